The summed E-state index contributed by atoms with van der Waals surface area (Å²) >= 11 is 0. The van der Waals surface area contributed by atoms with Crippen LogP contribution in [-0.2, 0) is 9.59 Å². The van der Waals surface area contributed by atoms with Gasteiger partial charge in [-0.3, -0.25) is 9.59 Å². The summed E-state index contributed by atoms with van der Waals surface area (Å²) in [4.78, 5) is 24.7. The summed E-state index contributed by atoms with van der Waals surface area (Å²) in [6.45, 7) is 1.79. The number of anilines is 1. The Morgan fingerprint density at radius 1 is 1.03 bits per heavy atom. The first kappa shape index (κ1) is 21.2. The highest BCUT2D eigenvalue weighted by atomic mass is 16.5. The lowest BCUT2D eigenvalue weighted by Gasteiger charge is -2.15. The summed E-state index contributed by atoms with van der Waals surface area (Å²) in [5.74, 6) is 0.562. The molecule has 6 heteroatoms. The first-order valence-corrected chi connectivity index (χ1v) is 10.3. The number of para-hydroxylation sites is 1. The van der Waals surface area contributed by atoms with Crippen LogP contribution in [0.3, 0.4) is 0 Å². The Kier molecular flexibility index (Phi) is 6.22. The summed E-state index contributed by atoms with van der Waals surface area (Å²) in [5, 5.41) is 5.78. The molecule has 0 spiro atoms. The third-order valence-corrected chi connectivity index (χ3v) is 5.24. The smallest absolute Gasteiger partial charge is 0.258 e. The van der Waals surface area contributed by atoms with Crippen LogP contribution in [0.15, 0.2) is 72.8 Å². The molecular weight excluding hydrogens is 404 g/mol. The molecule has 6 nitrogen and oxygen atoms in total. The maximum atomic E-state index is 12.3. The Labute approximate surface area is 186 Å². The third-order valence-electron chi connectivity index (χ3n) is 5.24. The number of benzene rings is 3. The fourth-order valence-electron chi connectivity index (χ4n) is 3.59. The van der Waals surface area contributed by atoms with Crippen molar-refractivity contribution in [3.8, 4) is 11.5 Å². The van der Waals surface area contributed by atoms with Crippen molar-refractivity contribution in [2.75, 3.05) is 19.0 Å². The predicted octanol–water partition coefficient (Wildman–Crippen LogP) is 4.44. The number of fused-ring (bicyclic) bond motifs is 1. The van der Waals surface area contributed by atoms with E-state index in [0.717, 1.165) is 22.4 Å². The molecule has 3 aromatic carbocycles. The number of hydrogen-bond acceptors (Lipinski definition) is 4. The van der Waals surface area contributed by atoms with E-state index >= 15 is 0 Å². The van der Waals surface area contributed by atoms with Crippen LogP contribution >= 0.6 is 0 Å². The highest BCUT2D eigenvalue weighted by Gasteiger charge is 2.23. The Morgan fingerprint density at radius 3 is 2.56 bits per heavy atom. The van der Waals surface area contributed by atoms with Crippen LogP contribution in [0.5, 0.6) is 11.5 Å². The van der Waals surface area contributed by atoms with E-state index < -0.39 is 0 Å². The van der Waals surface area contributed by atoms with Crippen molar-refractivity contribution in [3.05, 3.63) is 89.5 Å². The van der Waals surface area contributed by atoms with E-state index in [2.05, 4.69) is 10.6 Å². The quantitative estimate of drug-likeness (QED) is 0.546. The van der Waals surface area contributed by atoms with Crippen molar-refractivity contribution in [1.82, 2.24) is 5.32 Å². The maximum Gasteiger partial charge on any atom is 0.258 e. The van der Waals surface area contributed by atoms with Crippen LogP contribution < -0.4 is 20.1 Å². The van der Waals surface area contributed by atoms with Crippen LogP contribution in [-0.4, -0.2) is 25.5 Å². The summed E-state index contributed by atoms with van der Waals surface area (Å²) in [5.41, 5.74) is 4.06. The van der Waals surface area contributed by atoms with E-state index in [4.69, 9.17) is 9.47 Å². The van der Waals surface area contributed by atoms with Gasteiger partial charge in [0.05, 0.1) is 13.2 Å². The fourth-order valence-corrected chi connectivity index (χ4v) is 3.59. The minimum absolute atomic E-state index is 0.122. The number of methoxy groups -OCH3 is 1. The fraction of sp³-hybridized carbons (Fsp3) is 0.154. The van der Waals surface area contributed by atoms with Crippen molar-refractivity contribution in [2.24, 2.45) is 0 Å². The Hall–Kier alpha value is -4.06. The largest absolute Gasteiger partial charge is 0.493 e. The van der Waals surface area contributed by atoms with Gasteiger partial charge >= 0.3 is 0 Å². The van der Waals surface area contributed by atoms with Gasteiger partial charge in [0, 0.05) is 16.8 Å². The first-order valence-electron chi connectivity index (χ1n) is 10.3. The molecule has 0 aromatic heterocycles. The van der Waals surface area contributed by atoms with Crippen molar-refractivity contribution in [3.63, 3.8) is 0 Å². The van der Waals surface area contributed by atoms with Crippen LogP contribution in [0.25, 0.3) is 11.6 Å². The summed E-state index contributed by atoms with van der Waals surface area (Å²) in [6.07, 6.45) is 1.81. The maximum absolute atomic E-state index is 12.3. The third kappa shape index (κ3) is 4.64. The van der Waals surface area contributed by atoms with Gasteiger partial charge in [-0.15, -0.1) is 0 Å². The van der Waals surface area contributed by atoms with Crippen LogP contribution in [0.2, 0.25) is 0 Å². The average molecular weight is 428 g/mol. The molecule has 0 saturated heterocycles. The molecule has 162 valence electrons. The predicted molar refractivity (Wildman–Crippen MR) is 124 cm³/mol. The molecule has 1 aliphatic heterocycles. The summed E-state index contributed by atoms with van der Waals surface area (Å²) in [6, 6.07) is 22.5. The molecule has 1 heterocycles. The lowest BCUT2D eigenvalue weighted by Crippen LogP contribution is -2.31. The second-order valence-electron chi connectivity index (χ2n) is 7.46. The molecule has 1 atom stereocenters. The molecule has 0 aliphatic carbocycles. The standard InChI is InChI=1S/C26H24N2O4/c1-17(19-8-4-3-5-9-19)27-25(29)16-32-23-13-12-18(15-24(23)31-2)14-21-20-10-6-7-11-22(20)28-26(21)30/h3-15,17H,16H2,1-2H3,(H,27,29)(H,28,30). The minimum Gasteiger partial charge on any atom is -0.493 e. The van der Waals surface area contributed by atoms with Crippen molar-refractivity contribution in [2.45, 2.75) is 13.0 Å². The Bertz CT molecular complexity index is 1170. The van der Waals surface area contributed by atoms with Gasteiger partial charge in [-0.05, 0) is 42.3 Å². The van der Waals surface area contributed by atoms with E-state index in [1.807, 2.05) is 73.7 Å². The first-order chi connectivity index (χ1) is 15.5. The highest BCUT2D eigenvalue weighted by molar-refractivity contribution is 6.34. The van der Waals surface area contributed by atoms with Crippen molar-refractivity contribution in [1.29, 1.82) is 0 Å². The number of carbonyl (C=O) groups excluding carboxylic acids is 2. The highest BCUT2D eigenvalue weighted by Crippen LogP contribution is 2.34. The molecule has 2 N–H and O–H groups in total. The van der Waals surface area contributed by atoms with Crippen LogP contribution in [0, 0.1) is 0 Å². The van der Waals surface area contributed by atoms with Crippen LogP contribution in [0.4, 0.5) is 5.69 Å². The van der Waals surface area contributed by atoms with E-state index in [1.165, 1.54) is 7.11 Å². The molecule has 4 rings (SSSR count). The second kappa shape index (κ2) is 9.39. The molecular formula is C26H24N2O4. The van der Waals surface area contributed by atoms with E-state index in [9.17, 15) is 9.59 Å². The monoisotopic (exact) mass is 428 g/mol. The van der Waals surface area contributed by atoms with Gasteiger partial charge in [0.2, 0.25) is 0 Å². The van der Waals surface area contributed by atoms with Gasteiger partial charge in [-0.25, -0.2) is 0 Å². The topological polar surface area (TPSA) is 76.7 Å². The van der Waals surface area contributed by atoms with E-state index in [0.29, 0.717) is 17.1 Å². The van der Waals surface area contributed by atoms with Gasteiger partial charge in [0.15, 0.2) is 18.1 Å². The SMILES string of the molecule is COc1cc(C=C2C(=O)Nc3ccccc32)ccc1OCC(=O)NC(C)c1ccccc1. The van der Waals surface area contributed by atoms with Gasteiger partial charge < -0.3 is 20.1 Å². The van der Waals surface area contributed by atoms with Crippen LogP contribution in [0.1, 0.15) is 29.7 Å². The molecule has 0 fully saturated rings. The zero-order chi connectivity index (χ0) is 22.5. The number of nitrogens with one attached hydrogen (secondary N) is 2. The molecule has 0 saturated carbocycles. The number of ether oxygens (including phenoxy) is 2. The molecule has 0 bridgehead atoms. The molecule has 1 unspecified atom stereocenters. The van der Waals surface area contributed by atoms with Crippen molar-refractivity contribution < 1.29 is 19.1 Å². The molecule has 1 aliphatic rings. The molecule has 3 aromatic rings. The molecule has 0 radical (unpaired) electrons. The van der Waals surface area contributed by atoms with Gasteiger partial charge in [-0.2, -0.15) is 0 Å². The van der Waals surface area contributed by atoms with E-state index in [-0.39, 0.29) is 24.5 Å². The zero-order valence-corrected chi connectivity index (χ0v) is 17.9. The number of rotatable bonds is 7. The number of amides is 2. The lowest BCUT2D eigenvalue weighted by atomic mass is 10.0. The van der Waals surface area contributed by atoms with Gasteiger partial charge in [0.1, 0.15) is 0 Å². The molecule has 32 heavy (non-hydrogen) atoms. The Morgan fingerprint density at radius 2 is 1.78 bits per heavy atom. The van der Waals surface area contributed by atoms with Crippen molar-refractivity contribution >= 4 is 29.2 Å². The normalized spacial score (nSPS) is 14.4. The summed E-state index contributed by atoms with van der Waals surface area (Å²) in [7, 11) is 1.54. The zero-order valence-electron chi connectivity index (χ0n) is 17.9. The van der Waals surface area contributed by atoms with E-state index in [1.54, 1.807) is 12.1 Å². The van der Waals surface area contributed by atoms with Gasteiger partial charge in [0.25, 0.3) is 11.8 Å². The van der Waals surface area contributed by atoms with Gasteiger partial charge in [-0.1, -0.05) is 54.6 Å². The minimum atomic E-state index is -0.228. The molecule has 2 amide bonds. The second-order valence-corrected chi connectivity index (χ2v) is 7.46. The lowest BCUT2D eigenvalue weighted by molar-refractivity contribution is -0.123. The number of hydrogen-bond donors (Lipinski definition) is 2. The number of carbonyl (C=O) groups is 2. The Balaban J connectivity index is 1.44. The average Bonchev–Trinajstić information content (AvgIpc) is 3.13. The summed E-state index contributed by atoms with van der Waals surface area (Å²) < 4.78 is 11.1.